The second-order valence-electron chi connectivity index (χ2n) is 8.29. The van der Waals surface area contributed by atoms with E-state index in [0.29, 0.717) is 21.8 Å². The fraction of sp³-hybridized carbons (Fsp3) is 0.160. The SMILES string of the molecule is C[C@@H](n1cnc2cc(-c3ccc(C#N)cc3)sc2c1=O)[C@](O)(Cn1cncn1)c1ccc(F)cc1F. The van der Waals surface area contributed by atoms with E-state index in [-0.39, 0.29) is 12.1 Å². The first-order chi connectivity index (χ1) is 17.3. The van der Waals surface area contributed by atoms with Crippen molar-refractivity contribution in [2.75, 3.05) is 0 Å². The van der Waals surface area contributed by atoms with Gasteiger partial charge in [0.15, 0.2) is 0 Å². The number of hydrogen-bond donors (Lipinski definition) is 1. The number of halogens is 2. The summed E-state index contributed by atoms with van der Waals surface area (Å²) in [6.45, 7) is 1.31. The van der Waals surface area contributed by atoms with Crippen molar-refractivity contribution in [1.82, 2.24) is 24.3 Å². The van der Waals surface area contributed by atoms with Crippen molar-refractivity contribution in [1.29, 1.82) is 5.26 Å². The molecular formula is C25H18F2N6O2S. The molecule has 0 unspecified atom stereocenters. The summed E-state index contributed by atoms with van der Waals surface area (Å²) in [5.74, 6) is -1.74. The Morgan fingerprint density at radius 2 is 1.94 bits per heavy atom. The molecule has 8 nitrogen and oxygen atoms in total. The molecule has 0 aliphatic carbocycles. The van der Waals surface area contributed by atoms with Crippen LogP contribution < -0.4 is 5.56 Å². The molecule has 3 aromatic heterocycles. The van der Waals surface area contributed by atoms with Gasteiger partial charge in [-0.2, -0.15) is 10.4 Å². The molecule has 0 fully saturated rings. The summed E-state index contributed by atoms with van der Waals surface area (Å²) in [5.41, 5.74) is -0.792. The molecule has 0 bridgehead atoms. The topological polar surface area (TPSA) is 110 Å². The zero-order chi connectivity index (χ0) is 25.4. The predicted molar refractivity (Wildman–Crippen MR) is 129 cm³/mol. The Labute approximate surface area is 207 Å². The highest BCUT2D eigenvalue weighted by Gasteiger charge is 2.41. The maximum Gasteiger partial charge on any atom is 0.271 e. The van der Waals surface area contributed by atoms with Crippen molar-refractivity contribution in [3.63, 3.8) is 0 Å². The number of thiophene rings is 1. The number of benzene rings is 2. The van der Waals surface area contributed by atoms with Crippen molar-refractivity contribution in [3.8, 4) is 16.5 Å². The number of aliphatic hydroxyl groups is 1. The van der Waals surface area contributed by atoms with Crippen LogP contribution >= 0.6 is 11.3 Å². The van der Waals surface area contributed by atoms with Crippen LogP contribution in [0.15, 0.2) is 72.3 Å². The van der Waals surface area contributed by atoms with Gasteiger partial charge in [0.2, 0.25) is 0 Å². The molecule has 11 heteroatoms. The molecule has 0 amide bonds. The molecule has 180 valence electrons. The van der Waals surface area contributed by atoms with E-state index >= 15 is 0 Å². The van der Waals surface area contributed by atoms with Crippen molar-refractivity contribution in [2.45, 2.75) is 25.1 Å². The van der Waals surface area contributed by atoms with E-state index in [1.54, 1.807) is 37.3 Å². The third-order valence-corrected chi connectivity index (χ3v) is 7.30. The molecule has 0 saturated carbocycles. The number of hydrogen-bond acceptors (Lipinski definition) is 7. The van der Waals surface area contributed by atoms with E-state index in [4.69, 9.17) is 5.26 Å². The van der Waals surface area contributed by atoms with E-state index in [2.05, 4.69) is 21.1 Å². The van der Waals surface area contributed by atoms with Crippen LogP contribution in [0.5, 0.6) is 0 Å². The molecule has 1 N–H and O–H groups in total. The summed E-state index contributed by atoms with van der Waals surface area (Å²) in [6, 6.07) is 12.7. The standard InChI is InChI=1S/C25H18F2N6O2S/c1-15(25(35,11-32-13-29-12-31-32)19-7-6-18(26)8-20(19)27)33-14-30-21-9-22(36-23(21)24(33)34)17-4-2-16(10-28)3-5-17/h2-9,12-15,35H,11H2,1H3/t15-,25-/m1/s1. The van der Waals surface area contributed by atoms with E-state index < -0.39 is 28.8 Å². The smallest absolute Gasteiger partial charge is 0.271 e. The fourth-order valence-electron chi connectivity index (χ4n) is 4.13. The molecule has 0 aliphatic heterocycles. The zero-order valence-electron chi connectivity index (χ0n) is 18.8. The van der Waals surface area contributed by atoms with E-state index in [1.807, 2.05) is 0 Å². The molecule has 5 aromatic rings. The number of nitriles is 1. The third-order valence-electron chi connectivity index (χ3n) is 6.14. The van der Waals surface area contributed by atoms with Crippen LogP contribution in [0.3, 0.4) is 0 Å². The number of fused-ring (bicyclic) bond motifs is 1. The van der Waals surface area contributed by atoms with Gasteiger partial charge >= 0.3 is 0 Å². The molecule has 0 saturated heterocycles. The lowest BCUT2D eigenvalue weighted by Gasteiger charge is -2.35. The third kappa shape index (κ3) is 4.06. The first-order valence-corrected chi connectivity index (χ1v) is 11.6. The molecule has 5 rings (SSSR count). The largest absolute Gasteiger partial charge is 0.381 e. The lowest BCUT2D eigenvalue weighted by molar-refractivity contribution is -0.0343. The minimum atomic E-state index is -2.00. The molecule has 0 aliphatic rings. The number of rotatable bonds is 6. The van der Waals surface area contributed by atoms with Crippen molar-refractivity contribution in [3.05, 3.63) is 101 Å². The van der Waals surface area contributed by atoms with Crippen LogP contribution in [0.2, 0.25) is 0 Å². The normalized spacial score (nSPS) is 13.9. The Morgan fingerprint density at radius 3 is 2.61 bits per heavy atom. The Morgan fingerprint density at radius 1 is 1.17 bits per heavy atom. The van der Waals surface area contributed by atoms with Gasteiger partial charge in [0.25, 0.3) is 5.56 Å². The summed E-state index contributed by atoms with van der Waals surface area (Å²) in [5, 5.41) is 24.8. The molecule has 0 spiro atoms. The highest BCUT2D eigenvalue weighted by atomic mass is 32.1. The van der Waals surface area contributed by atoms with Gasteiger partial charge in [-0.3, -0.25) is 9.36 Å². The first-order valence-electron chi connectivity index (χ1n) is 10.8. The minimum Gasteiger partial charge on any atom is -0.381 e. The summed E-state index contributed by atoms with van der Waals surface area (Å²) in [4.78, 5) is 22.6. The average molecular weight is 505 g/mol. The van der Waals surface area contributed by atoms with Crippen molar-refractivity contribution < 1.29 is 13.9 Å². The van der Waals surface area contributed by atoms with Gasteiger partial charge < -0.3 is 5.11 Å². The fourth-order valence-corrected chi connectivity index (χ4v) is 5.18. The van der Waals surface area contributed by atoms with Gasteiger partial charge in [0, 0.05) is 16.5 Å². The van der Waals surface area contributed by atoms with Crippen LogP contribution in [0.25, 0.3) is 20.7 Å². The first kappa shape index (κ1) is 23.5. The predicted octanol–water partition coefficient (Wildman–Crippen LogP) is 4.02. The average Bonchev–Trinajstić information content (AvgIpc) is 3.54. The second-order valence-corrected chi connectivity index (χ2v) is 9.34. The maximum absolute atomic E-state index is 14.9. The van der Waals surface area contributed by atoms with E-state index in [0.717, 1.165) is 22.6 Å². The van der Waals surface area contributed by atoms with Gasteiger partial charge in [-0.05, 0) is 36.8 Å². The second kappa shape index (κ2) is 9.07. The van der Waals surface area contributed by atoms with E-state index in [1.165, 1.54) is 39.6 Å². The van der Waals surface area contributed by atoms with Crippen LogP contribution in [0.4, 0.5) is 8.78 Å². The number of nitrogens with zero attached hydrogens (tertiary/aromatic N) is 6. The van der Waals surface area contributed by atoms with Crippen LogP contribution in [0.1, 0.15) is 24.1 Å². The molecular weight excluding hydrogens is 486 g/mol. The molecule has 0 radical (unpaired) electrons. The number of aromatic nitrogens is 5. The summed E-state index contributed by atoms with van der Waals surface area (Å²) < 4.78 is 31.4. The van der Waals surface area contributed by atoms with Crippen molar-refractivity contribution >= 4 is 21.6 Å². The minimum absolute atomic E-state index is 0.191. The Hall–Kier alpha value is -4.27. The molecule has 2 aromatic carbocycles. The molecule has 2 atom stereocenters. The zero-order valence-corrected chi connectivity index (χ0v) is 19.7. The van der Waals surface area contributed by atoms with Crippen LogP contribution in [0, 0.1) is 23.0 Å². The Kier molecular flexibility index (Phi) is 5.91. The van der Waals surface area contributed by atoms with Crippen LogP contribution in [-0.4, -0.2) is 29.4 Å². The maximum atomic E-state index is 14.9. The van der Waals surface area contributed by atoms with Crippen LogP contribution in [-0.2, 0) is 12.1 Å². The Bertz CT molecular complexity index is 1660. The van der Waals surface area contributed by atoms with Gasteiger partial charge in [-0.15, -0.1) is 11.3 Å². The summed E-state index contributed by atoms with van der Waals surface area (Å²) in [7, 11) is 0. The summed E-state index contributed by atoms with van der Waals surface area (Å²) in [6.07, 6.45) is 3.92. The van der Waals surface area contributed by atoms with E-state index in [9.17, 15) is 18.7 Å². The van der Waals surface area contributed by atoms with Gasteiger partial charge in [0.1, 0.15) is 34.6 Å². The quantitative estimate of drug-likeness (QED) is 0.374. The highest BCUT2D eigenvalue weighted by Crippen LogP contribution is 2.37. The lowest BCUT2D eigenvalue weighted by atomic mass is 9.86. The van der Waals surface area contributed by atoms with Gasteiger partial charge in [-0.25, -0.2) is 23.4 Å². The monoisotopic (exact) mass is 504 g/mol. The Balaban J connectivity index is 1.61. The van der Waals surface area contributed by atoms with Gasteiger partial charge in [-0.1, -0.05) is 18.2 Å². The molecule has 36 heavy (non-hydrogen) atoms. The lowest BCUT2D eigenvalue weighted by Crippen LogP contribution is -2.43. The van der Waals surface area contributed by atoms with Crippen molar-refractivity contribution in [2.24, 2.45) is 0 Å². The highest BCUT2D eigenvalue weighted by molar-refractivity contribution is 7.22. The van der Waals surface area contributed by atoms with Gasteiger partial charge in [0.05, 0.1) is 36.1 Å². The summed E-state index contributed by atoms with van der Waals surface area (Å²) >= 11 is 1.23. The molecule has 3 heterocycles.